The van der Waals surface area contributed by atoms with Crippen LogP contribution in [0.25, 0.3) is 11.3 Å². The summed E-state index contributed by atoms with van der Waals surface area (Å²) in [5.74, 6) is 1.51. The fraction of sp³-hybridized carbons (Fsp3) is 0.333. The molecule has 1 aliphatic rings. The van der Waals surface area contributed by atoms with Gasteiger partial charge in [-0.15, -0.1) is 0 Å². The number of ether oxygens (including phenoxy) is 1. The SMILES string of the molecule is CNCC[C@H](Oc1cccc(-c2ccnc(N[C@H]3CCNC3)n2)c1)c1ccccc1. The van der Waals surface area contributed by atoms with E-state index in [2.05, 4.69) is 57.3 Å². The lowest BCUT2D eigenvalue weighted by Crippen LogP contribution is -2.23. The maximum atomic E-state index is 6.40. The van der Waals surface area contributed by atoms with Gasteiger partial charge in [-0.05, 0) is 50.3 Å². The molecule has 0 aliphatic carbocycles. The molecule has 2 aromatic carbocycles. The van der Waals surface area contributed by atoms with Crippen molar-refractivity contribution in [2.45, 2.75) is 25.0 Å². The van der Waals surface area contributed by atoms with E-state index in [1.54, 1.807) is 6.20 Å². The van der Waals surface area contributed by atoms with Gasteiger partial charge >= 0.3 is 0 Å². The van der Waals surface area contributed by atoms with E-state index in [-0.39, 0.29) is 6.10 Å². The van der Waals surface area contributed by atoms with Gasteiger partial charge in [0.05, 0.1) is 5.69 Å². The third-order valence-corrected chi connectivity index (χ3v) is 5.29. The number of hydrogen-bond donors (Lipinski definition) is 3. The summed E-state index contributed by atoms with van der Waals surface area (Å²) in [6.45, 7) is 2.87. The largest absolute Gasteiger partial charge is 0.486 e. The van der Waals surface area contributed by atoms with Crippen molar-refractivity contribution in [3.05, 3.63) is 72.4 Å². The van der Waals surface area contributed by atoms with Crippen molar-refractivity contribution in [3.63, 3.8) is 0 Å². The second-order valence-corrected chi connectivity index (χ2v) is 7.54. The molecule has 3 aromatic rings. The minimum Gasteiger partial charge on any atom is -0.486 e. The molecule has 1 aliphatic heterocycles. The Balaban J connectivity index is 1.51. The predicted octanol–water partition coefficient (Wildman–Crippen LogP) is 3.65. The summed E-state index contributed by atoms with van der Waals surface area (Å²) in [7, 11) is 1.96. The minimum atomic E-state index is -0.00797. The highest BCUT2D eigenvalue weighted by Crippen LogP contribution is 2.28. The molecule has 2 atom stereocenters. The molecule has 4 rings (SSSR count). The zero-order valence-corrected chi connectivity index (χ0v) is 17.3. The third-order valence-electron chi connectivity index (χ3n) is 5.29. The summed E-state index contributed by atoms with van der Waals surface area (Å²) < 4.78 is 6.40. The number of nitrogens with zero attached hydrogens (tertiary/aromatic N) is 2. The summed E-state index contributed by atoms with van der Waals surface area (Å²) in [4.78, 5) is 9.10. The smallest absolute Gasteiger partial charge is 0.223 e. The van der Waals surface area contributed by atoms with Crippen LogP contribution in [0.2, 0.25) is 0 Å². The van der Waals surface area contributed by atoms with Gasteiger partial charge in [0, 0.05) is 30.8 Å². The molecule has 2 heterocycles. The van der Waals surface area contributed by atoms with Crippen LogP contribution < -0.4 is 20.7 Å². The number of hydrogen-bond acceptors (Lipinski definition) is 6. The van der Waals surface area contributed by atoms with Crippen LogP contribution in [0.4, 0.5) is 5.95 Å². The van der Waals surface area contributed by atoms with E-state index in [4.69, 9.17) is 9.72 Å². The number of benzene rings is 2. The summed E-state index contributed by atoms with van der Waals surface area (Å²) in [6, 6.07) is 20.8. The second-order valence-electron chi connectivity index (χ2n) is 7.54. The Hall–Kier alpha value is -2.96. The molecule has 30 heavy (non-hydrogen) atoms. The molecule has 6 nitrogen and oxygen atoms in total. The maximum Gasteiger partial charge on any atom is 0.223 e. The monoisotopic (exact) mass is 403 g/mol. The first-order valence-electron chi connectivity index (χ1n) is 10.6. The van der Waals surface area contributed by atoms with Crippen LogP contribution in [-0.4, -0.2) is 42.7 Å². The number of aromatic nitrogens is 2. The number of rotatable bonds is 9. The summed E-state index contributed by atoms with van der Waals surface area (Å²) >= 11 is 0. The molecule has 0 unspecified atom stereocenters. The van der Waals surface area contributed by atoms with Crippen molar-refractivity contribution >= 4 is 5.95 Å². The first kappa shape index (κ1) is 20.3. The summed E-state index contributed by atoms with van der Waals surface area (Å²) in [5.41, 5.74) is 3.08. The second kappa shape index (κ2) is 10.2. The first-order valence-corrected chi connectivity index (χ1v) is 10.6. The molecular weight excluding hydrogens is 374 g/mol. The van der Waals surface area contributed by atoms with Gasteiger partial charge in [0.2, 0.25) is 5.95 Å². The van der Waals surface area contributed by atoms with Crippen molar-refractivity contribution < 1.29 is 4.74 Å². The summed E-state index contributed by atoms with van der Waals surface area (Å²) in [6.07, 6.45) is 3.78. The van der Waals surface area contributed by atoms with Gasteiger partial charge in [-0.3, -0.25) is 0 Å². The molecule has 0 saturated carbocycles. The predicted molar refractivity (Wildman–Crippen MR) is 121 cm³/mol. The van der Waals surface area contributed by atoms with Gasteiger partial charge in [0.1, 0.15) is 11.9 Å². The van der Waals surface area contributed by atoms with Crippen molar-refractivity contribution in [1.29, 1.82) is 0 Å². The highest BCUT2D eigenvalue weighted by Gasteiger charge is 2.16. The van der Waals surface area contributed by atoms with Gasteiger partial charge in [0.25, 0.3) is 0 Å². The zero-order chi connectivity index (χ0) is 20.6. The maximum absolute atomic E-state index is 6.40. The molecular formula is C24H29N5O. The van der Waals surface area contributed by atoms with E-state index in [0.29, 0.717) is 12.0 Å². The normalized spacial score (nSPS) is 16.9. The van der Waals surface area contributed by atoms with Crippen LogP contribution in [0.5, 0.6) is 5.75 Å². The minimum absolute atomic E-state index is 0.00797. The third kappa shape index (κ3) is 5.34. The number of anilines is 1. The van der Waals surface area contributed by atoms with Crippen molar-refractivity contribution in [3.8, 4) is 17.0 Å². The molecule has 6 heteroatoms. The van der Waals surface area contributed by atoms with Gasteiger partial charge in [0.15, 0.2) is 0 Å². The Bertz CT molecular complexity index is 928. The topological polar surface area (TPSA) is 71.1 Å². The Morgan fingerprint density at radius 2 is 2.03 bits per heavy atom. The average Bonchev–Trinajstić information content (AvgIpc) is 3.31. The molecule has 0 amide bonds. The quantitative estimate of drug-likeness (QED) is 0.507. The van der Waals surface area contributed by atoms with Crippen molar-refractivity contribution in [1.82, 2.24) is 20.6 Å². The molecule has 1 fully saturated rings. The van der Waals surface area contributed by atoms with Gasteiger partial charge in [-0.25, -0.2) is 9.97 Å². The van der Waals surface area contributed by atoms with Crippen LogP contribution in [0, 0.1) is 0 Å². The van der Waals surface area contributed by atoms with Crippen LogP contribution in [0.15, 0.2) is 66.9 Å². The fourth-order valence-electron chi connectivity index (χ4n) is 3.68. The molecule has 3 N–H and O–H groups in total. The highest BCUT2D eigenvalue weighted by molar-refractivity contribution is 5.62. The molecule has 1 aromatic heterocycles. The Morgan fingerprint density at radius 1 is 1.13 bits per heavy atom. The lowest BCUT2D eigenvalue weighted by atomic mass is 10.1. The summed E-state index contributed by atoms with van der Waals surface area (Å²) in [5, 5.41) is 9.99. The lowest BCUT2D eigenvalue weighted by molar-refractivity contribution is 0.195. The average molecular weight is 404 g/mol. The number of nitrogens with one attached hydrogen (secondary N) is 3. The molecule has 1 saturated heterocycles. The van der Waals surface area contributed by atoms with E-state index >= 15 is 0 Å². The van der Waals surface area contributed by atoms with Gasteiger partial charge in [-0.2, -0.15) is 0 Å². The van der Waals surface area contributed by atoms with Gasteiger partial charge in [-0.1, -0.05) is 42.5 Å². The zero-order valence-electron chi connectivity index (χ0n) is 17.3. The first-order chi connectivity index (χ1) is 14.8. The molecule has 156 valence electrons. The molecule has 0 radical (unpaired) electrons. The fourth-order valence-corrected chi connectivity index (χ4v) is 3.68. The van der Waals surface area contributed by atoms with Crippen molar-refractivity contribution in [2.75, 3.05) is 32.0 Å². The van der Waals surface area contributed by atoms with E-state index in [9.17, 15) is 0 Å². The van der Waals surface area contributed by atoms with Crippen LogP contribution in [0.1, 0.15) is 24.5 Å². The van der Waals surface area contributed by atoms with Crippen LogP contribution in [0.3, 0.4) is 0 Å². The Labute approximate surface area is 178 Å². The van der Waals surface area contributed by atoms with E-state index in [1.165, 1.54) is 5.56 Å². The van der Waals surface area contributed by atoms with Crippen LogP contribution >= 0.6 is 0 Å². The van der Waals surface area contributed by atoms with Crippen molar-refractivity contribution in [2.24, 2.45) is 0 Å². The Kier molecular flexibility index (Phi) is 6.90. The van der Waals surface area contributed by atoms with Gasteiger partial charge < -0.3 is 20.7 Å². The molecule has 0 spiro atoms. The lowest BCUT2D eigenvalue weighted by Gasteiger charge is -2.20. The van der Waals surface area contributed by atoms with E-state index < -0.39 is 0 Å². The standard InChI is InChI=1S/C24H29N5O/c1-25-13-12-23(18-6-3-2-4-7-18)30-21-9-5-8-19(16-21)22-11-15-27-24(29-22)28-20-10-14-26-17-20/h2-9,11,15-16,20,23,25-26H,10,12-14,17H2,1H3,(H,27,28,29)/t20-,23-/m0/s1. The highest BCUT2D eigenvalue weighted by atomic mass is 16.5. The van der Waals surface area contributed by atoms with E-state index in [0.717, 1.165) is 49.5 Å². The van der Waals surface area contributed by atoms with E-state index in [1.807, 2.05) is 31.3 Å². The molecule has 0 bridgehead atoms. The van der Waals surface area contributed by atoms with Crippen LogP contribution in [-0.2, 0) is 0 Å². The Morgan fingerprint density at radius 3 is 2.83 bits per heavy atom.